The third-order valence-corrected chi connectivity index (χ3v) is 19.6. The van der Waals surface area contributed by atoms with Gasteiger partial charge in [0.15, 0.2) is 12.6 Å². The highest BCUT2D eigenvalue weighted by Gasteiger charge is 2.60. The standard InChI is InChI=1S/C75H138N2O21/c1-4-6-8-10-12-14-16-18-20-22-24-25-26-27-28-29-31-32-34-36-38-40-42-44-46-48-57(82)56(77-62(85)49-47-45-43-41-39-37-35-33-30-23-21-19-17-15-13-11-9-7-5-2)54-93-72-67(89)66(88)69(61(53-80)95-72)96-73-68(90)71(65(87)60(52-79)94-73)98-75(74(91)92)50-58(83)63(76-55(3)81)70(97-75)64(86)59(84)51-78/h23,30,46,48,56-61,63-73,78-80,82-84,86-90H,4-22,24-29,31-45,47,49-54H2,1-3H3,(H,76,81)(H,77,85)(H,91,92)/b30-23-,48-46+. The SMILES string of the molecule is CCCCCCCCCC/C=C\CCCCCCCCCC(=O)NC(COC1OC(CO)C(OC2OC(CO)C(O)C(OC3(C(=O)O)CC(O)C(NC(C)=O)C(C(O)C(O)CO)O3)C2O)C(O)C1O)C(O)/C=C/CCCCCCCCCCCCCCCCCCCCCCCCC. The van der Waals surface area contributed by atoms with Gasteiger partial charge in [0, 0.05) is 19.8 Å². The summed E-state index contributed by atoms with van der Waals surface area (Å²) in [5, 5.41) is 136. The fourth-order valence-electron chi connectivity index (χ4n) is 13.5. The van der Waals surface area contributed by atoms with Crippen LogP contribution >= 0.6 is 0 Å². The Hall–Kier alpha value is -2.79. The normalized spacial score (nSPS) is 27.3. The number of aliphatic hydroxyl groups is 11. The first kappa shape index (κ1) is 89.4. The number of aliphatic carboxylic acids is 1. The molecule has 0 aromatic carbocycles. The van der Waals surface area contributed by atoms with Gasteiger partial charge in [-0.2, -0.15) is 0 Å². The number of carboxylic acids is 1. The molecule has 14 N–H and O–H groups in total. The highest BCUT2D eigenvalue weighted by molar-refractivity contribution is 5.77. The molecule has 574 valence electrons. The summed E-state index contributed by atoms with van der Waals surface area (Å²) >= 11 is 0. The maximum Gasteiger partial charge on any atom is 0.364 e. The van der Waals surface area contributed by atoms with Crippen molar-refractivity contribution in [2.24, 2.45) is 0 Å². The lowest BCUT2D eigenvalue weighted by Crippen LogP contribution is -2.70. The number of carbonyl (C=O) groups excluding carboxylic acids is 2. The monoisotopic (exact) mass is 1400 g/mol. The van der Waals surface area contributed by atoms with Crippen LogP contribution in [-0.4, -0.2) is 215 Å². The molecule has 3 saturated heterocycles. The first-order chi connectivity index (χ1) is 47.4. The molecule has 3 heterocycles. The van der Waals surface area contributed by atoms with Crippen LogP contribution in [0.2, 0.25) is 0 Å². The number of allylic oxidation sites excluding steroid dienone is 3. The summed E-state index contributed by atoms with van der Waals surface area (Å²) in [6.07, 6.45) is 29.3. The van der Waals surface area contributed by atoms with E-state index in [0.29, 0.717) is 12.8 Å². The van der Waals surface area contributed by atoms with Gasteiger partial charge >= 0.3 is 5.97 Å². The van der Waals surface area contributed by atoms with Gasteiger partial charge in [-0.1, -0.05) is 256 Å². The summed E-state index contributed by atoms with van der Waals surface area (Å²) in [6, 6.07) is -2.62. The minimum Gasteiger partial charge on any atom is -0.477 e. The lowest BCUT2D eigenvalue weighted by atomic mass is 9.88. The van der Waals surface area contributed by atoms with E-state index >= 15 is 0 Å². The molecule has 0 aliphatic carbocycles. The topological polar surface area (TPSA) is 373 Å². The number of nitrogens with one attached hydrogen (secondary N) is 2. The molecule has 3 fully saturated rings. The zero-order chi connectivity index (χ0) is 71.8. The molecule has 3 aliphatic rings. The van der Waals surface area contributed by atoms with Gasteiger partial charge in [0.25, 0.3) is 5.79 Å². The number of hydrogen-bond donors (Lipinski definition) is 14. The van der Waals surface area contributed by atoms with Crippen LogP contribution in [0.3, 0.4) is 0 Å². The fraction of sp³-hybridized carbons (Fsp3) is 0.907. The molecule has 0 radical (unpaired) electrons. The van der Waals surface area contributed by atoms with E-state index in [2.05, 4.69) is 36.6 Å². The first-order valence-electron chi connectivity index (χ1n) is 38.7. The molecule has 23 heteroatoms. The van der Waals surface area contributed by atoms with Crippen LogP contribution < -0.4 is 10.6 Å². The lowest BCUT2D eigenvalue weighted by Gasteiger charge is -2.50. The summed E-state index contributed by atoms with van der Waals surface area (Å²) in [4.78, 5) is 38.6. The van der Waals surface area contributed by atoms with Crippen molar-refractivity contribution in [3.8, 4) is 0 Å². The maximum absolute atomic E-state index is 13.5. The van der Waals surface area contributed by atoms with Crippen LogP contribution in [0.4, 0.5) is 0 Å². The predicted octanol–water partition coefficient (Wildman–Crippen LogP) is 9.18. The van der Waals surface area contributed by atoms with E-state index in [1.165, 1.54) is 180 Å². The highest BCUT2D eigenvalue weighted by atomic mass is 16.8. The molecule has 18 atom stereocenters. The Bertz CT molecular complexity index is 2060. The van der Waals surface area contributed by atoms with Gasteiger partial charge in [-0.05, 0) is 44.9 Å². The van der Waals surface area contributed by atoms with Gasteiger partial charge in [-0.25, -0.2) is 4.79 Å². The molecule has 3 rings (SSSR count). The third kappa shape index (κ3) is 35.6. The second-order valence-corrected chi connectivity index (χ2v) is 28.2. The van der Waals surface area contributed by atoms with Gasteiger partial charge in [0.05, 0.1) is 50.7 Å². The van der Waals surface area contributed by atoms with Crippen molar-refractivity contribution in [2.75, 3.05) is 26.4 Å². The second-order valence-electron chi connectivity index (χ2n) is 28.2. The van der Waals surface area contributed by atoms with E-state index in [9.17, 15) is 75.7 Å². The van der Waals surface area contributed by atoms with E-state index in [1.54, 1.807) is 6.08 Å². The molecule has 0 aromatic rings. The average Bonchev–Trinajstić information content (AvgIpc) is 0.756. The second kappa shape index (κ2) is 54.8. The fourth-order valence-corrected chi connectivity index (χ4v) is 13.5. The number of hydrogen-bond acceptors (Lipinski definition) is 20. The first-order valence-corrected chi connectivity index (χ1v) is 38.7. The van der Waals surface area contributed by atoms with Crippen molar-refractivity contribution < 1.29 is 104 Å². The summed E-state index contributed by atoms with van der Waals surface area (Å²) in [5.41, 5.74) is 0. The minimum absolute atomic E-state index is 0.196. The van der Waals surface area contributed by atoms with Gasteiger partial charge < -0.3 is 100 Å². The summed E-state index contributed by atoms with van der Waals surface area (Å²) in [7, 11) is 0. The largest absolute Gasteiger partial charge is 0.477 e. The Kier molecular flexibility index (Phi) is 50.0. The van der Waals surface area contributed by atoms with Crippen LogP contribution in [0.25, 0.3) is 0 Å². The zero-order valence-electron chi connectivity index (χ0n) is 60.4. The predicted molar refractivity (Wildman–Crippen MR) is 375 cm³/mol. The summed E-state index contributed by atoms with van der Waals surface area (Å²) in [6.45, 7) is 2.17. The molecule has 18 unspecified atom stereocenters. The smallest absolute Gasteiger partial charge is 0.364 e. The van der Waals surface area contributed by atoms with Crippen molar-refractivity contribution in [2.45, 2.75) is 407 Å². The molecule has 0 saturated carbocycles. The third-order valence-electron chi connectivity index (χ3n) is 19.6. The van der Waals surface area contributed by atoms with Crippen molar-refractivity contribution in [1.29, 1.82) is 0 Å². The molecule has 0 spiro atoms. The van der Waals surface area contributed by atoms with Crippen LogP contribution in [-0.2, 0) is 42.8 Å². The van der Waals surface area contributed by atoms with Crippen molar-refractivity contribution in [3.05, 3.63) is 24.3 Å². The van der Waals surface area contributed by atoms with Gasteiger partial charge in [0.2, 0.25) is 11.8 Å². The summed E-state index contributed by atoms with van der Waals surface area (Å²) in [5.74, 6) is -6.14. The number of carboxylic acid groups (broad SMARTS) is 1. The number of ether oxygens (including phenoxy) is 6. The quantitative estimate of drug-likeness (QED) is 0.0199. The Balaban J connectivity index is 1.55. The maximum atomic E-state index is 13.5. The van der Waals surface area contributed by atoms with Crippen LogP contribution in [0.15, 0.2) is 24.3 Å². The Morgan fingerprint density at radius 1 is 0.531 bits per heavy atom. The molecular formula is C75H138N2O21. The Morgan fingerprint density at radius 3 is 1.39 bits per heavy atom. The Labute approximate surface area is 587 Å². The van der Waals surface area contributed by atoms with E-state index in [1.807, 2.05) is 6.08 Å². The van der Waals surface area contributed by atoms with E-state index in [4.69, 9.17) is 28.4 Å². The van der Waals surface area contributed by atoms with Crippen LogP contribution in [0, 0.1) is 0 Å². The van der Waals surface area contributed by atoms with Crippen LogP contribution in [0.5, 0.6) is 0 Å². The minimum atomic E-state index is -3.08. The lowest BCUT2D eigenvalue weighted by molar-refractivity contribution is -0.386. The Morgan fingerprint density at radius 2 is 0.959 bits per heavy atom. The van der Waals surface area contributed by atoms with Crippen molar-refractivity contribution in [3.63, 3.8) is 0 Å². The number of aliphatic hydroxyl groups excluding tert-OH is 11. The van der Waals surface area contributed by atoms with E-state index in [-0.39, 0.29) is 12.3 Å². The highest BCUT2D eigenvalue weighted by Crippen LogP contribution is 2.39. The number of rotatable bonds is 60. The van der Waals surface area contributed by atoms with E-state index < -0.39 is 155 Å². The molecule has 2 amide bonds. The van der Waals surface area contributed by atoms with Crippen LogP contribution in [0.1, 0.15) is 297 Å². The van der Waals surface area contributed by atoms with E-state index in [0.717, 1.165) is 77.6 Å². The molecule has 98 heavy (non-hydrogen) atoms. The van der Waals surface area contributed by atoms with Crippen molar-refractivity contribution in [1.82, 2.24) is 10.6 Å². The zero-order valence-corrected chi connectivity index (χ0v) is 60.4. The average molecular weight is 1400 g/mol. The number of amides is 2. The number of carbonyl (C=O) groups is 3. The molecule has 23 nitrogen and oxygen atoms in total. The molecule has 3 aliphatic heterocycles. The van der Waals surface area contributed by atoms with Gasteiger partial charge in [0.1, 0.15) is 67.1 Å². The molecular weight excluding hydrogens is 1260 g/mol. The van der Waals surface area contributed by atoms with Crippen molar-refractivity contribution >= 4 is 17.8 Å². The van der Waals surface area contributed by atoms with Gasteiger partial charge in [-0.3, -0.25) is 9.59 Å². The van der Waals surface area contributed by atoms with Gasteiger partial charge in [-0.15, -0.1) is 0 Å². The number of unbranched alkanes of at least 4 members (excludes halogenated alkanes) is 38. The molecule has 0 aromatic heterocycles. The summed E-state index contributed by atoms with van der Waals surface area (Å²) < 4.78 is 34.9. The molecule has 0 bridgehead atoms.